The molecule has 1 nitrogen and oxygen atoms in total. The van der Waals surface area contributed by atoms with Crippen LogP contribution in [0.2, 0.25) is 0 Å². The van der Waals surface area contributed by atoms with E-state index in [2.05, 4.69) is 20.8 Å². The molecule has 18 heavy (non-hydrogen) atoms. The second-order valence-corrected chi connectivity index (χ2v) is 5.63. The van der Waals surface area contributed by atoms with E-state index >= 15 is 0 Å². The molecule has 0 saturated carbocycles. The summed E-state index contributed by atoms with van der Waals surface area (Å²) >= 11 is 3.44. The maximum atomic E-state index is 13.6. The highest BCUT2D eigenvalue weighted by molar-refractivity contribution is 9.09. The Morgan fingerprint density at radius 1 is 1.33 bits per heavy atom. The predicted molar refractivity (Wildman–Crippen MR) is 72.8 cm³/mol. The summed E-state index contributed by atoms with van der Waals surface area (Å²) in [4.78, 5) is 2.32. The zero-order valence-corrected chi connectivity index (χ0v) is 11.9. The van der Waals surface area contributed by atoms with E-state index in [1.54, 1.807) is 6.07 Å². The minimum absolute atomic E-state index is 0.429. The number of alkyl halides is 1. The summed E-state index contributed by atoms with van der Waals surface area (Å²) in [6, 6.07) is 4.41. The Kier molecular flexibility index (Phi) is 5.13. The molecule has 1 atom stereocenters. The van der Waals surface area contributed by atoms with Gasteiger partial charge in [0.1, 0.15) is 11.6 Å². The quantitative estimate of drug-likeness (QED) is 0.739. The van der Waals surface area contributed by atoms with Crippen LogP contribution in [-0.4, -0.2) is 22.8 Å². The number of hydrogen-bond acceptors (Lipinski definition) is 1. The van der Waals surface area contributed by atoms with Gasteiger partial charge < -0.3 is 0 Å². The average molecular weight is 318 g/mol. The third-order valence-corrected chi connectivity index (χ3v) is 4.12. The van der Waals surface area contributed by atoms with E-state index in [-0.39, 0.29) is 0 Å². The van der Waals surface area contributed by atoms with Gasteiger partial charge in [0.15, 0.2) is 0 Å². The van der Waals surface area contributed by atoms with Crippen LogP contribution in [-0.2, 0) is 6.54 Å². The molecule has 0 bridgehead atoms. The van der Waals surface area contributed by atoms with Gasteiger partial charge in [-0.1, -0.05) is 22.0 Å². The zero-order chi connectivity index (χ0) is 13.0. The summed E-state index contributed by atoms with van der Waals surface area (Å²) in [6.45, 7) is 1.61. The van der Waals surface area contributed by atoms with Crippen molar-refractivity contribution in [3.63, 3.8) is 0 Å². The van der Waals surface area contributed by atoms with Crippen molar-refractivity contribution in [2.75, 3.05) is 11.9 Å². The number of halogens is 3. The summed E-state index contributed by atoms with van der Waals surface area (Å²) in [5, 5.41) is 1.02. The highest BCUT2D eigenvalue weighted by atomic mass is 79.9. The molecule has 1 fully saturated rings. The Hall–Kier alpha value is -0.480. The van der Waals surface area contributed by atoms with Crippen molar-refractivity contribution in [1.29, 1.82) is 0 Å². The highest BCUT2D eigenvalue weighted by Gasteiger charge is 2.24. The van der Waals surface area contributed by atoms with Crippen LogP contribution in [0, 0.1) is 11.6 Å². The van der Waals surface area contributed by atoms with Gasteiger partial charge in [-0.15, -0.1) is 0 Å². The number of nitrogens with zero attached hydrogens (tertiary/aromatic N) is 1. The number of likely N-dealkylation sites (tertiary alicyclic amines) is 1. The van der Waals surface area contributed by atoms with Gasteiger partial charge in [0.25, 0.3) is 0 Å². The summed E-state index contributed by atoms with van der Waals surface area (Å²) in [7, 11) is 0. The molecule has 1 aromatic carbocycles. The molecular formula is C14H18BrF2N. The van der Waals surface area contributed by atoms with Crippen molar-refractivity contribution in [1.82, 2.24) is 4.90 Å². The summed E-state index contributed by atoms with van der Waals surface area (Å²) in [6.07, 6.45) is 4.66. The fraction of sp³-hybridized carbons (Fsp3) is 0.571. The Bertz CT molecular complexity index is 397. The molecule has 0 amide bonds. The lowest BCUT2D eigenvalue weighted by atomic mass is 10.1. The fourth-order valence-corrected chi connectivity index (χ4v) is 2.94. The van der Waals surface area contributed by atoms with Crippen molar-refractivity contribution in [2.24, 2.45) is 0 Å². The molecule has 1 aliphatic rings. The van der Waals surface area contributed by atoms with Gasteiger partial charge in [-0.25, -0.2) is 8.78 Å². The fourth-order valence-electron chi connectivity index (χ4n) is 2.61. The minimum atomic E-state index is -0.506. The second-order valence-electron chi connectivity index (χ2n) is 4.83. The van der Waals surface area contributed by atoms with E-state index in [9.17, 15) is 8.78 Å². The Morgan fingerprint density at radius 3 is 2.89 bits per heavy atom. The van der Waals surface area contributed by atoms with E-state index in [0.717, 1.165) is 30.8 Å². The molecule has 1 saturated heterocycles. The van der Waals surface area contributed by atoms with Crippen molar-refractivity contribution in [2.45, 2.75) is 38.3 Å². The van der Waals surface area contributed by atoms with Crippen LogP contribution in [0.3, 0.4) is 0 Å². The third-order valence-electron chi connectivity index (χ3n) is 3.56. The molecule has 0 spiro atoms. The predicted octanol–water partition coefficient (Wildman–Crippen LogP) is 4.10. The van der Waals surface area contributed by atoms with Gasteiger partial charge in [0.2, 0.25) is 0 Å². The molecule has 1 aliphatic heterocycles. The monoisotopic (exact) mass is 317 g/mol. The normalized spacial score (nSPS) is 20.5. The lowest BCUT2D eigenvalue weighted by Gasteiger charge is -2.24. The maximum absolute atomic E-state index is 13.6. The molecule has 2 rings (SSSR count). The van der Waals surface area contributed by atoms with Gasteiger partial charge in [-0.3, -0.25) is 4.90 Å². The SMILES string of the molecule is Fc1ccc(CN2CCCC2CCCBr)c(F)c1. The molecule has 0 aromatic heterocycles. The molecule has 4 heteroatoms. The van der Waals surface area contributed by atoms with E-state index in [4.69, 9.17) is 0 Å². The van der Waals surface area contributed by atoms with Crippen molar-refractivity contribution in [3.05, 3.63) is 35.4 Å². The molecule has 1 heterocycles. The van der Waals surface area contributed by atoms with Gasteiger partial charge in [-0.2, -0.15) is 0 Å². The molecule has 0 N–H and O–H groups in total. The Morgan fingerprint density at radius 2 is 2.17 bits per heavy atom. The summed E-state index contributed by atoms with van der Waals surface area (Å²) in [5.74, 6) is -0.936. The minimum Gasteiger partial charge on any atom is -0.296 e. The van der Waals surface area contributed by atoms with Crippen LogP contribution >= 0.6 is 15.9 Å². The Balaban J connectivity index is 1.99. The summed E-state index contributed by atoms with van der Waals surface area (Å²) < 4.78 is 26.5. The topological polar surface area (TPSA) is 3.24 Å². The molecule has 1 unspecified atom stereocenters. The van der Waals surface area contributed by atoms with Crippen LogP contribution in [0.4, 0.5) is 8.78 Å². The standard InChI is InChI=1S/C14H18BrF2N/c15-7-1-3-13-4-2-8-18(13)10-11-5-6-12(16)9-14(11)17/h5-6,9,13H,1-4,7-8,10H2. The van der Waals surface area contributed by atoms with Crippen LogP contribution in [0.1, 0.15) is 31.2 Å². The van der Waals surface area contributed by atoms with E-state index in [1.165, 1.54) is 18.9 Å². The van der Waals surface area contributed by atoms with Crippen molar-refractivity contribution in [3.8, 4) is 0 Å². The first-order chi connectivity index (χ1) is 8.70. The first-order valence-corrected chi connectivity index (χ1v) is 7.57. The molecule has 1 aromatic rings. The zero-order valence-electron chi connectivity index (χ0n) is 10.3. The van der Waals surface area contributed by atoms with E-state index in [0.29, 0.717) is 18.2 Å². The lowest BCUT2D eigenvalue weighted by molar-refractivity contribution is 0.231. The first kappa shape index (κ1) is 13.9. The highest BCUT2D eigenvalue weighted by Crippen LogP contribution is 2.24. The molecule has 0 radical (unpaired) electrons. The Labute approximate surface area is 115 Å². The van der Waals surface area contributed by atoms with E-state index < -0.39 is 11.6 Å². The van der Waals surface area contributed by atoms with Crippen LogP contribution in [0.15, 0.2) is 18.2 Å². The number of hydrogen-bond donors (Lipinski definition) is 0. The van der Waals surface area contributed by atoms with E-state index in [1.807, 2.05) is 0 Å². The number of benzene rings is 1. The molecule has 100 valence electrons. The second kappa shape index (κ2) is 6.62. The summed E-state index contributed by atoms with van der Waals surface area (Å²) in [5.41, 5.74) is 0.599. The largest absolute Gasteiger partial charge is 0.296 e. The van der Waals surface area contributed by atoms with Crippen LogP contribution < -0.4 is 0 Å². The molecular weight excluding hydrogens is 300 g/mol. The van der Waals surface area contributed by atoms with Gasteiger partial charge >= 0.3 is 0 Å². The average Bonchev–Trinajstić information content (AvgIpc) is 2.77. The third kappa shape index (κ3) is 3.51. The first-order valence-electron chi connectivity index (χ1n) is 6.44. The van der Waals surface area contributed by atoms with Gasteiger partial charge in [0, 0.05) is 29.5 Å². The van der Waals surface area contributed by atoms with Gasteiger partial charge in [-0.05, 0) is 38.3 Å². The smallest absolute Gasteiger partial charge is 0.130 e. The molecule has 0 aliphatic carbocycles. The van der Waals surface area contributed by atoms with Crippen molar-refractivity contribution >= 4 is 15.9 Å². The van der Waals surface area contributed by atoms with Crippen LogP contribution in [0.25, 0.3) is 0 Å². The lowest BCUT2D eigenvalue weighted by Crippen LogP contribution is -2.29. The van der Waals surface area contributed by atoms with Gasteiger partial charge in [0.05, 0.1) is 0 Å². The number of rotatable bonds is 5. The van der Waals surface area contributed by atoms with Crippen LogP contribution in [0.5, 0.6) is 0 Å². The maximum Gasteiger partial charge on any atom is 0.130 e. The van der Waals surface area contributed by atoms with Crippen molar-refractivity contribution < 1.29 is 8.78 Å².